The van der Waals surface area contributed by atoms with Gasteiger partial charge in [-0.2, -0.15) is 0 Å². The lowest BCUT2D eigenvalue weighted by Gasteiger charge is -2.11. The van der Waals surface area contributed by atoms with Gasteiger partial charge in [0.15, 0.2) is 0 Å². The van der Waals surface area contributed by atoms with Crippen LogP contribution in [-0.4, -0.2) is 33.8 Å². The number of aliphatic carboxylic acids is 1. The average Bonchev–Trinajstić information content (AvgIpc) is 3.25. The highest BCUT2D eigenvalue weighted by molar-refractivity contribution is 7.99. The number of nitrogens with one attached hydrogen (secondary N) is 1. The standard InChI is InChI=1S/C18H20N2O4S/c21-16(19-14-7-6-13(8-14)18(22)23)11-25-10-15-9-24-17(20-15)12-4-2-1-3-5-12/h1-5,9,13-14H,6-8,10-11H2,(H,19,21)(H,22,23)/t13-,14+/m1/s1. The maximum atomic E-state index is 12.0. The van der Waals surface area contributed by atoms with E-state index in [1.807, 2.05) is 30.3 Å². The van der Waals surface area contributed by atoms with Crippen LogP contribution in [0.25, 0.3) is 11.5 Å². The Morgan fingerprint density at radius 2 is 2.08 bits per heavy atom. The van der Waals surface area contributed by atoms with Gasteiger partial charge in [-0.3, -0.25) is 9.59 Å². The number of oxazole rings is 1. The molecular formula is C18H20N2O4S. The van der Waals surface area contributed by atoms with E-state index in [1.165, 1.54) is 11.8 Å². The van der Waals surface area contributed by atoms with Gasteiger partial charge in [0.2, 0.25) is 11.8 Å². The molecule has 1 amide bonds. The number of rotatable bonds is 7. The number of carbonyl (C=O) groups excluding carboxylic acids is 1. The lowest BCUT2D eigenvalue weighted by Crippen LogP contribution is -2.34. The van der Waals surface area contributed by atoms with Crippen LogP contribution in [0.1, 0.15) is 25.0 Å². The molecule has 1 aromatic heterocycles. The minimum Gasteiger partial charge on any atom is -0.481 e. The van der Waals surface area contributed by atoms with Gasteiger partial charge in [0.05, 0.1) is 17.4 Å². The molecule has 1 saturated carbocycles. The van der Waals surface area contributed by atoms with Crippen molar-refractivity contribution in [2.75, 3.05) is 5.75 Å². The predicted octanol–water partition coefficient (Wildman–Crippen LogP) is 2.94. The third kappa shape index (κ3) is 4.85. The summed E-state index contributed by atoms with van der Waals surface area (Å²) in [5.41, 5.74) is 1.72. The number of amides is 1. The Hall–Kier alpha value is -2.28. The minimum absolute atomic E-state index is 0.0223. The van der Waals surface area contributed by atoms with E-state index in [0.717, 1.165) is 17.7 Å². The van der Waals surface area contributed by atoms with Crippen molar-refractivity contribution < 1.29 is 19.1 Å². The molecule has 3 rings (SSSR count). The van der Waals surface area contributed by atoms with E-state index in [1.54, 1.807) is 6.26 Å². The van der Waals surface area contributed by atoms with Gasteiger partial charge in [-0.25, -0.2) is 4.98 Å². The van der Waals surface area contributed by atoms with Crippen LogP contribution in [0.2, 0.25) is 0 Å². The molecule has 2 atom stereocenters. The molecule has 1 aliphatic carbocycles. The number of carbonyl (C=O) groups is 2. The molecule has 1 fully saturated rings. The molecule has 132 valence electrons. The maximum Gasteiger partial charge on any atom is 0.306 e. The van der Waals surface area contributed by atoms with Gasteiger partial charge < -0.3 is 14.8 Å². The van der Waals surface area contributed by atoms with Crippen LogP contribution in [0, 0.1) is 5.92 Å². The third-order valence-corrected chi connectivity index (χ3v) is 5.17. The van der Waals surface area contributed by atoms with Crippen molar-refractivity contribution in [1.29, 1.82) is 0 Å². The van der Waals surface area contributed by atoms with E-state index in [4.69, 9.17) is 9.52 Å². The largest absolute Gasteiger partial charge is 0.481 e. The van der Waals surface area contributed by atoms with E-state index in [9.17, 15) is 9.59 Å². The molecule has 0 bridgehead atoms. The van der Waals surface area contributed by atoms with E-state index >= 15 is 0 Å². The number of benzene rings is 1. The van der Waals surface area contributed by atoms with Gasteiger partial charge in [0, 0.05) is 17.4 Å². The van der Waals surface area contributed by atoms with Gasteiger partial charge in [0.1, 0.15) is 6.26 Å². The molecule has 0 spiro atoms. The molecule has 0 saturated heterocycles. The summed E-state index contributed by atoms with van der Waals surface area (Å²) in [5.74, 6) is 0.323. The lowest BCUT2D eigenvalue weighted by atomic mass is 10.1. The number of hydrogen-bond acceptors (Lipinski definition) is 5. The first kappa shape index (κ1) is 17.5. The molecule has 1 aromatic carbocycles. The highest BCUT2D eigenvalue weighted by Gasteiger charge is 2.30. The Morgan fingerprint density at radius 3 is 2.80 bits per heavy atom. The van der Waals surface area contributed by atoms with Gasteiger partial charge in [-0.15, -0.1) is 11.8 Å². The molecule has 6 nitrogen and oxygen atoms in total. The summed E-state index contributed by atoms with van der Waals surface area (Å²) >= 11 is 1.46. The highest BCUT2D eigenvalue weighted by Crippen LogP contribution is 2.26. The zero-order valence-electron chi connectivity index (χ0n) is 13.7. The number of thioether (sulfide) groups is 1. The SMILES string of the molecule is O=C(CSCc1coc(-c2ccccc2)n1)N[C@H]1CC[C@@H](C(=O)O)C1. The lowest BCUT2D eigenvalue weighted by molar-refractivity contribution is -0.141. The molecular weight excluding hydrogens is 340 g/mol. The molecule has 1 heterocycles. The molecule has 0 unspecified atom stereocenters. The Bertz CT molecular complexity index is 732. The smallest absolute Gasteiger partial charge is 0.306 e. The monoisotopic (exact) mass is 360 g/mol. The Kier molecular flexibility index (Phi) is 5.75. The second-order valence-electron chi connectivity index (χ2n) is 6.12. The summed E-state index contributed by atoms with van der Waals surface area (Å²) in [6, 6.07) is 9.63. The second kappa shape index (κ2) is 8.20. The highest BCUT2D eigenvalue weighted by atomic mass is 32.2. The van der Waals surface area contributed by atoms with Crippen molar-refractivity contribution in [2.24, 2.45) is 5.92 Å². The van der Waals surface area contributed by atoms with E-state index in [0.29, 0.717) is 30.2 Å². The molecule has 2 aromatic rings. The molecule has 1 aliphatic rings. The number of nitrogens with zero attached hydrogens (tertiary/aromatic N) is 1. The Balaban J connectivity index is 1.40. The van der Waals surface area contributed by atoms with Crippen molar-refractivity contribution in [3.8, 4) is 11.5 Å². The van der Waals surface area contributed by atoms with Crippen LogP contribution in [0.4, 0.5) is 0 Å². The molecule has 2 N–H and O–H groups in total. The minimum atomic E-state index is -0.772. The Morgan fingerprint density at radius 1 is 1.28 bits per heavy atom. The summed E-state index contributed by atoms with van der Waals surface area (Å²) in [4.78, 5) is 27.3. The van der Waals surface area contributed by atoms with Crippen LogP contribution in [-0.2, 0) is 15.3 Å². The van der Waals surface area contributed by atoms with Gasteiger partial charge in [-0.1, -0.05) is 18.2 Å². The summed E-state index contributed by atoms with van der Waals surface area (Å²) < 4.78 is 5.47. The fourth-order valence-electron chi connectivity index (χ4n) is 2.94. The van der Waals surface area contributed by atoms with E-state index in [2.05, 4.69) is 10.3 Å². The van der Waals surface area contributed by atoms with Crippen molar-refractivity contribution in [3.05, 3.63) is 42.3 Å². The van der Waals surface area contributed by atoms with Crippen molar-refractivity contribution in [2.45, 2.75) is 31.1 Å². The van der Waals surface area contributed by atoms with Gasteiger partial charge >= 0.3 is 5.97 Å². The van der Waals surface area contributed by atoms with Crippen LogP contribution >= 0.6 is 11.8 Å². The number of aromatic nitrogens is 1. The van der Waals surface area contributed by atoms with Crippen LogP contribution in [0.15, 0.2) is 41.0 Å². The first-order valence-electron chi connectivity index (χ1n) is 8.21. The fourth-order valence-corrected chi connectivity index (χ4v) is 3.65. The van der Waals surface area contributed by atoms with Crippen molar-refractivity contribution >= 4 is 23.6 Å². The molecule has 0 radical (unpaired) electrons. The maximum absolute atomic E-state index is 12.0. The molecule has 0 aliphatic heterocycles. The second-order valence-corrected chi connectivity index (χ2v) is 7.10. The average molecular weight is 360 g/mol. The first-order chi connectivity index (χ1) is 12.1. The Labute approximate surface area is 150 Å². The summed E-state index contributed by atoms with van der Waals surface area (Å²) in [6.45, 7) is 0. The first-order valence-corrected chi connectivity index (χ1v) is 9.37. The topological polar surface area (TPSA) is 92.4 Å². The summed E-state index contributed by atoms with van der Waals surface area (Å²) in [5, 5.41) is 11.9. The van der Waals surface area contributed by atoms with E-state index < -0.39 is 5.97 Å². The van der Waals surface area contributed by atoms with Gasteiger partial charge in [-0.05, 0) is 31.4 Å². The van der Waals surface area contributed by atoms with Crippen LogP contribution in [0.3, 0.4) is 0 Å². The predicted molar refractivity (Wildman–Crippen MR) is 95.0 cm³/mol. The van der Waals surface area contributed by atoms with Crippen LogP contribution in [0.5, 0.6) is 0 Å². The van der Waals surface area contributed by atoms with Crippen LogP contribution < -0.4 is 5.32 Å². The summed E-state index contributed by atoms with van der Waals surface area (Å²) in [7, 11) is 0. The zero-order valence-corrected chi connectivity index (χ0v) is 14.5. The van der Waals surface area contributed by atoms with E-state index in [-0.39, 0.29) is 17.9 Å². The zero-order chi connectivity index (χ0) is 17.6. The van der Waals surface area contributed by atoms with Crippen molar-refractivity contribution in [3.63, 3.8) is 0 Å². The fraction of sp³-hybridized carbons (Fsp3) is 0.389. The number of hydrogen-bond donors (Lipinski definition) is 2. The number of carboxylic acid groups (broad SMARTS) is 1. The van der Waals surface area contributed by atoms with Crippen molar-refractivity contribution in [1.82, 2.24) is 10.3 Å². The number of carboxylic acids is 1. The molecule has 25 heavy (non-hydrogen) atoms. The quantitative estimate of drug-likeness (QED) is 0.789. The normalized spacial score (nSPS) is 19.7. The summed E-state index contributed by atoms with van der Waals surface area (Å²) in [6.07, 6.45) is 3.50. The molecule has 7 heteroatoms. The third-order valence-electron chi connectivity index (χ3n) is 4.20. The van der Waals surface area contributed by atoms with Gasteiger partial charge in [0.25, 0.3) is 0 Å².